The highest BCUT2D eigenvalue weighted by Crippen LogP contribution is 2.31. The molecule has 0 saturated carbocycles. The van der Waals surface area contributed by atoms with E-state index >= 15 is 0 Å². The maximum atomic E-state index is 12.6. The van der Waals surface area contributed by atoms with E-state index in [4.69, 9.17) is 0 Å². The van der Waals surface area contributed by atoms with Crippen molar-refractivity contribution in [3.05, 3.63) is 47.7 Å². The molecule has 21 heavy (non-hydrogen) atoms. The number of amides is 2. The lowest BCUT2D eigenvalue weighted by molar-refractivity contribution is -0.136. The van der Waals surface area contributed by atoms with Crippen LogP contribution in [0.3, 0.4) is 0 Å². The highest BCUT2D eigenvalue weighted by molar-refractivity contribution is 6.04. The molecule has 1 unspecified atom stereocenters. The van der Waals surface area contributed by atoms with Gasteiger partial charge in [-0.15, -0.1) is 0 Å². The molecule has 2 rings (SSSR count). The van der Waals surface area contributed by atoms with E-state index in [1.54, 1.807) is 17.1 Å². The molecule has 0 aliphatic carbocycles. The summed E-state index contributed by atoms with van der Waals surface area (Å²) in [6, 6.07) is -0.404. The first kappa shape index (κ1) is 15.3. The summed E-state index contributed by atoms with van der Waals surface area (Å²) in [6.07, 6.45) is 5.61. The molecule has 2 aliphatic rings. The average molecular weight is 286 g/mol. The van der Waals surface area contributed by atoms with Crippen LogP contribution < -0.4 is 5.32 Å². The summed E-state index contributed by atoms with van der Waals surface area (Å²) in [5.41, 5.74) is 3.60. The van der Waals surface area contributed by atoms with Crippen LogP contribution in [-0.4, -0.2) is 29.3 Å². The van der Waals surface area contributed by atoms with Crippen molar-refractivity contribution < 1.29 is 9.59 Å². The van der Waals surface area contributed by atoms with Crippen LogP contribution in [-0.2, 0) is 9.59 Å². The van der Waals surface area contributed by atoms with Gasteiger partial charge in [0.1, 0.15) is 6.04 Å². The number of nitrogens with one attached hydrogen (secondary N) is 1. The number of likely N-dealkylation sites (tertiary alicyclic amines) is 1. The number of nitrogens with zero attached hydrogens (tertiary/aromatic N) is 1. The summed E-state index contributed by atoms with van der Waals surface area (Å²) in [7, 11) is 0. The average Bonchev–Trinajstić information content (AvgIpc) is 2.76. The zero-order chi connectivity index (χ0) is 15.6. The maximum absolute atomic E-state index is 12.6. The molecule has 4 nitrogen and oxygen atoms in total. The van der Waals surface area contributed by atoms with Gasteiger partial charge in [-0.25, -0.2) is 0 Å². The van der Waals surface area contributed by atoms with Crippen molar-refractivity contribution in [2.45, 2.75) is 39.2 Å². The summed E-state index contributed by atoms with van der Waals surface area (Å²) >= 11 is 0. The Morgan fingerprint density at radius 1 is 1.48 bits per heavy atom. The number of carbonyl (C=O) groups excluding carboxylic acids is 2. The van der Waals surface area contributed by atoms with Gasteiger partial charge in [0.25, 0.3) is 5.91 Å². The molecule has 2 aliphatic heterocycles. The van der Waals surface area contributed by atoms with E-state index in [0.29, 0.717) is 25.0 Å². The number of piperidine rings is 1. The Hall–Kier alpha value is -2.10. The number of allylic oxidation sites excluding steroid dienone is 4. The van der Waals surface area contributed by atoms with Crippen molar-refractivity contribution in [1.82, 2.24) is 10.2 Å². The Balaban J connectivity index is 2.33. The largest absolute Gasteiger partial charge is 0.329 e. The van der Waals surface area contributed by atoms with Crippen molar-refractivity contribution in [2.75, 3.05) is 6.54 Å². The van der Waals surface area contributed by atoms with Crippen LogP contribution in [0.25, 0.3) is 0 Å². The highest BCUT2D eigenvalue weighted by Gasteiger charge is 2.39. The fourth-order valence-corrected chi connectivity index (χ4v) is 2.79. The highest BCUT2D eigenvalue weighted by atomic mass is 16.2. The first-order valence-electron chi connectivity index (χ1n) is 7.30. The first-order valence-corrected chi connectivity index (χ1v) is 7.30. The Morgan fingerprint density at radius 2 is 2.19 bits per heavy atom. The molecule has 112 valence electrons. The molecular weight excluding hydrogens is 264 g/mol. The number of hydrogen-bond donors (Lipinski definition) is 1. The third kappa shape index (κ3) is 2.84. The summed E-state index contributed by atoms with van der Waals surface area (Å²) in [4.78, 5) is 26.4. The quantitative estimate of drug-likeness (QED) is 0.810. The second-order valence-corrected chi connectivity index (χ2v) is 5.51. The van der Waals surface area contributed by atoms with E-state index in [9.17, 15) is 9.59 Å². The molecule has 1 N–H and O–H groups in total. The lowest BCUT2D eigenvalue weighted by Gasteiger charge is -2.30. The zero-order valence-electron chi connectivity index (χ0n) is 12.7. The number of hydrogen-bond acceptors (Lipinski definition) is 2. The standard InChI is InChI=1S/C17H22N2O2/c1-5-7-13-14(11(3)6-2)10-19(17(13)21)15-9-8-12(4)18-16(15)20/h5,7,15H,1,4,6,8-10H2,2-3H3,(H,18,20)/b13-7+,14-11+. The molecule has 0 aromatic carbocycles. The van der Waals surface area contributed by atoms with Crippen LogP contribution in [0.2, 0.25) is 0 Å². The summed E-state index contributed by atoms with van der Waals surface area (Å²) in [5.74, 6) is -0.210. The topological polar surface area (TPSA) is 49.4 Å². The predicted octanol–water partition coefficient (Wildman–Crippen LogP) is 2.46. The molecule has 2 saturated heterocycles. The van der Waals surface area contributed by atoms with Crippen molar-refractivity contribution >= 4 is 11.8 Å². The van der Waals surface area contributed by atoms with Gasteiger partial charge in [0.2, 0.25) is 5.91 Å². The van der Waals surface area contributed by atoms with Gasteiger partial charge in [-0.2, -0.15) is 0 Å². The monoisotopic (exact) mass is 286 g/mol. The fraction of sp³-hybridized carbons (Fsp3) is 0.412. The fourth-order valence-electron chi connectivity index (χ4n) is 2.79. The predicted molar refractivity (Wildman–Crippen MR) is 83.3 cm³/mol. The third-order valence-corrected chi connectivity index (χ3v) is 4.17. The molecule has 0 spiro atoms. The summed E-state index contributed by atoms with van der Waals surface area (Å²) < 4.78 is 0. The lowest BCUT2D eigenvalue weighted by atomic mass is 10.0. The number of rotatable bonds is 3. The summed E-state index contributed by atoms with van der Waals surface area (Å²) in [6.45, 7) is 12.1. The van der Waals surface area contributed by atoms with Gasteiger partial charge in [0.05, 0.1) is 0 Å². The molecule has 1 atom stereocenters. The van der Waals surface area contributed by atoms with Crippen LogP contribution >= 0.6 is 0 Å². The van der Waals surface area contributed by atoms with Crippen LogP contribution in [0.1, 0.15) is 33.1 Å². The van der Waals surface area contributed by atoms with E-state index in [-0.39, 0.29) is 11.8 Å². The normalized spacial score (nSPS) is 27.1. The molecule has 4 heteroatoms. The molecule has 0 aromatic heterocycles. The molecule has 0 bridgehead atoms. The second-order valence-electron chi connectivity index (χ2n) is 5.51. The summed E-state index contributed by atoms with van der Waals surface area (Å²) in [5, 5.41) is 2.75. The Morgan fingerprint density at radius 3 is 2.76 bits per heavy atom. The van der Waals surface area contributed by atoms with E-state index in [2.05, 4.69) is 25.4 Å². The van der Waals surface area contributed by atoms with Crippen LogP contribution in [0, 0.1) is 0 Å². The Bertz CT molecular complexity index is 569. The second kappa shape index (κ2) is 6.12. The lowest BCUT2D eigenvalue weighted by Crippen LogP contribution is -2.50. The van der Waals surface area contributed by atoms with Crippen LogP contribution in [0.15, 0.2) is 47.7 Å². The maximum Gasteiger partial charge on any atom is 0.255 e. The van der Waals surface area contributed by atoms with Crippen molar-refractivity contribution in [3.8, 4) is 0 Å². The first-order chi connectivity index (χ1) is 9.99. The van der Waals surface area contributed by atoms with Gasteiger partial charge < -0.3 is 10.2 Å². The number of carbonyl (C=O) groups is 2. The van der Waals surface area contributed by atoms with E-state index in [1.807, 2.05) is 6.92 Å². The van der Waals surface area contributed by atoms with Crippen molar-refractivity contribution in [3.63, 3.8) is 0 Å². The van der Waals surface area contributed by atoms with E-state index < -0.39 is 6.04 Å². The van der Waals surface area contributed by atoms with Gasteiger partial charge in [0, 0.05) is 17.8 Å². The van der Waals surface area contributed by atoms with Gasteiger partial charge >= 0.3 is 0 Å². The minimum atomic E-state index is -0.404. The van der Waals surface area contributed by atoms with Gasteiger partial charge in [-0.3, -0.25) is 9.59 Å². The smallest absolute Gasteiger partial charge is 0.255 e. The third-order valence-electron chi connectivity index (χ3n) is 4.17. The van der Waals surface area contributed by atoms with Gasteiger partial charge in [-0.1, -0.05) is 31.7 Å². The molecular formula is C17H22N2O2. The van der Waals surface area contributed by atoms with E-state index in [1.165, 1.54) is 5.57 Å². The van der Waals surface area contributed by atoms with Crippen LogP contribution in [0.5, 0.6) is 0 Å². The minimum Gasteiger partial charge on any atom is -0.329 e. The molecule has 2 amide bonds. The Kier molecular flexibility index (Phi) is 4.46. The van der Waals surface area contributed by atoms with Crippen LogP contribution in [0.4, 0.5) is 0 Å². The molecule has 0 radical (unpaired) electrons. The van der Waals surface area contributed by atoms with E-state index in [0.717, 1.165) is 17.7 Å². The molecule has 2 heterocycles. The van der Waals surface area contributed by atoms with Crippen molar-refractivity contribution in [2.24, 2.45) is 0 Å². The molecule has 0 aromatic rings. The SMILES string of the molecule is C=C/C=C1/C(=O)N(C2CCC(=C)NC2=O)C/C1=C(/C)CC. The van der Waals surface area contributed by atoms with Gasteiger partial charge in [0.15, 0.2) is 0 Å². The van der Waals surface area contributed by atoms with Crippen molar-refractivity contribution in [1.29, 1.82) is 0 Å². The molecule has 2 fully saturated rings. The Labute approximate surface area is 125 Å². The van der Waals surface area contributed by atoms with Gasteiger partial charge in [-0.05, 0) is 37.8 Å². The minimum absolute atomic E-state index is 0.0784. The zero-order valence-corrected chi connectivity index (χ0v) is 12.7.